The van der Waals surface area contributed by atoms with Crippen molar-refractivity contribution in [2.45, 2.75) is 85.6 Å². The van der Waals surface area contributed by atoms with E-state index in [9.17, 15) is 0 Å². The number of unbranched alkanes of at least 4 members (excludes halogenated alkanes) is 4. The summed E-state index contributed by atoms with van der Waals surface area (Å²) in [6.07, 6.45) is 9.23. The molecule has 0 heterocycles. The number of aliphatic imine (C=N–C) groups is 1. The first-order valence-electron chi connectivity index (χ1n) is 7.09. The average molecular weight is 225 g/mol. The van der Waals surface area contributed by atoms with Crippen molar-refractivity contribution in [1.82, 2.24) is 0 Å². The van der Waals surface area contributed by atoms with E-state index in [1.54, 1.807) is 0 Å². The van der Waals surface area contributed by atoms with Crippen LogP contribution in [0.5, 0.6) is 0 Å². The van der Waals surface area contributed by atoms with E-state index in [1.165, 1.54) is 50.7 Å². The minimum atomic E-state index is 0.510. The molecule has 0 aliphatic heterocycles. The van der Waals surface area contributed by atoms with Gasteiger partial charge in [0.05, 0.1) is 0 Å². The van der Waals surface area contributed by atoms with Crippen molar-refractivity contribution < 1.29 is 0 Å². The predicted molar refractivity (Wildman–Crippen MR) is 75.4 cm³/mol. The van der Waals surface area contributed by atoms with Gasteiger partial charge in [-0.1, -0.05) is 46.5 Å². The second kappa shape index (κ2) is 9.86. The Morgan fingerprint density at radius 3 is 2.19 bits per heavy atom. The summed E-state index contributed by atoms with van der Waals surface area (Å²) in [6, 6.07) is 0.510. The maximum atomic E-state index is 4.75. The Balaban J connectivity index is 3.61. The van der Waals surface area contributed by atoms with E-state index in [0.717, 1.165) is 5.92 Å². The Labute approximate surface area is 103 Å². The molecule has 0 aliphatic rings. The zero-order valence-corrected chi connectivity index (χ0v) is 12.1. The maximum Gasteiger partial charge on any atom is 0.0473 e. The van der Waals surface area contributed by atoms with Crippen molar-refractivity contribution in [2.75, 3.05) is 0 Å². The van der Waals surface area contributed by atoms with Gasteiger partial charge in [0.1, 0.15) is 0 Å². The van der Waals surface area contributed by atoms with Crippen LogP contribution in [0.1, 0.15) is 79.6 Å². The fourth-order valence-corrected chi connectivity index (χ4v) is 2.16. The van der Waals surface area contributed by atoms with Crippen molar-refractivity contribution in [1.29, 1.82) is 0 Å². The first kappa shape index (κ1) is 15.7. The summed E-state index contributed by atoms with van der Waals surface area (Å²) in [7, 11) is 0. The molecule has 0 saturated carbocycles. The molecule has 0 spiro atoms. The van der Waals surface area contributed by atoms with Crippen molar-refractivity contribution in [3.63, 3.8) is 0 Å². The molecule has 0 aromatic heterocycles. The Hall–Kier alpha value is -0.330. The topological polar surface area (TPSA) is 12.4 Å². The van der Waals surface area contributed by atoms with E-state index < -0.39 is 0 Å². The quantitative estimate of drug-likeness (QED) is 0.376. The molecule has 0 bridgehead atoms. The Bertz CT molecular complexity index is 182. The van der Waals surface area contributed by atoms with Crippen LogP contribution in [0.4, 0.5) is 0 Å². The highest BCUT2D eigenvalue weighted by molar-refractivity contribution is 5.81. The van der Waals surface area contributed by atoms with E-state index >= 15 is 0 Å². The third kappa shape index (κ3) is 10.2. The molecule has 1 heteroatoms. The second-order valence-electron chi connectivity index (χ2n) is 5.51. The molecule has 1 nitrogen and oxygen atoms in total. The first-order chi connectivity index (χ1) is 7.56. The van der Waals surface area contributed by atoms with Crippen LogP contribution in [-0.2, 0) is 0 Å². The van der Waals surface area contributed by atoms with Gasteiger partial charge in [0.15, 0.2) is 0 Å². The molecule has 0 saturated heterocycles. The second-order valence-corrected chi connectivity index (χ2v) is 5.51. The molecule has 0 unspecified atom stereocenters. The zero-order valence-electron chi connectivity index (χ0n) is 12.1. The van der Waals surface area contributed by atoms with Gasteiger partial charge in [-0.3, -0.25) is 4.99 Å². The van der Waals surface area contributed by atoms with Crippen LogP contribution in [-0.4, -0.2) is 11.8 Å². The van der Waals surface area contributed by atoms with Gasteiger partial charge in [0, 0.05) is 11.8 Å². The first-order valence-corrected chi connectivity index (χ1v) is 7.09. The highest BCUT2D eigenvalue weighted by Crippen LogP contribution is 2.10. The summed E-state index contributed by atoms with van der Waals surface area (Å²) < 4.78 is 0. The molecule has 16 heavy (non-hydrogen) atoms. The molecule has 0 aliphatic carbocycles. The summed E-state index contributed by atoms with van der Waals surface area (Å²) in [6.45, 7) is 11.2. The fourth-order valence-electron chi connectivity index (χ4n) is 2.16. The normalized spacial score (nSPS) is 14.5. The van der Waals surface area contributed by atoms with Gasteiger partial charge >= 0.3 is 0 Å². The third-order valence-electron chi connectivity index (χ3n) is 2.90. The molecule has 0 radical (unpaired) electrons. The molecular formula is C15H31N. The summed E-state index contributed by atoms with van der Waals surface area (Å²) in [5, 5.41) is 0. The number of hydrogen-bond donors (Lipinski definition) is 0. The van der Waals surface area contributed by atoms with Crippen LogP contribution in [0.2, 0.25) is 0 Å². The predicted octanol–water partition coefficient (Wildman–Crippen LogP) is 5.24. The molecule has 0 rings (SSSR count). The van der Waals surface area contributed by atoms with E-state index in [4.69, 9.17) is 4.99 Å². The number of hydrogen-bond acceptors (Lipinski definition) is 1. The van der Waals surface area contributed by atoms with E-state index in [1.807, 2.05) is 0 Å². The third-order valence-corrected chi connectivity index (χ3v) is 2.90. The van der Waals surface area contributed by atoms with Crippen molar-refractivity contribution in [2.24, 2.45) is 10.9 Å². The lowest BCUT2D eigenvalue weighted by atomic mass is 10.0. The molecule has 96 valence electrons. The van der Waals surface area contributed by atoms with Crippen LogP contribution >= 0.6 is 0 Å². The molecular weight excluding hydrogens is 194 g/mol. The van der Waals surface area contributed by atoms with Gasteiger partial charge in [-0.05, 0) is 39.0 Å². The van der Waals surface area contributed by atoms with E-state index in [-0.39, 0.29) is 0 Å². The number of nitrogens with zero attached hydrogens (tertiary/aromatic N) is 1. The summed E-state index contributed by atoms with van der Waals surface area (Å²) >= 11 is 0. The van der Waals surface area contributed by atoms with Gasteiger partial charge in [0.25, 0.3) is 0 Å². The average Bonchev–Trinajstić information content (AvgIpc) is 2.15. The van der Waals surface area contributed by atoms with Crippen LogP contribution < -0.4 is 0 Å². The van der Waals surface area contributed by atoms with Gasteiger partial charge in [-0.25, -0.2) is 0 Å². The van der Waals surface area contributed by atoms with Gasteiger partial charge in [0.2, 0.25) is 0 Å². The van der Waals surface area contributed by atoms with Crippen molar-refractivity contribution in [3.8, 4) is 0 Å². The molecule has 1 atom stereocenters. The summed E-state index contributed by atoms with van der Waals surface area (Å²) in [5.74, 6) is 0.760. The lowest BCUT2D eigenvalue weighted by Gasteiger charge is -2.11. The largest absolute Gasteiger partial charge is 0.291 e. The molecule has 0 amide bonds. The standard InChI is InChI=1S/C15H31N/c1-6-7-8-9-10-11-14(4)16-15(5)12-13(2)3/h13,15H,6-12H2,1-5H3/t15-/m1/s1. The lowest BCUT2D eigenvalue weighted by Crippen LogP contribution is -2.06. The lowest BCUT2D eigenvalue weighted by molar-refractivity contribution is 0.520. The van der Waals surface area contributed by atoms with Crippen molar-refractivity contribution in [3.05, 3.63) is 0 Å². The SMILES string of the molecule is CCCCCCCC(C)=N[C@H](C)CC(C)C. The fraction of sp³-hybridized carbons (Fsp3) is 0.933. The smallest absolute Gasteiger partial charge is 0.0473 e. The van der Waals surface area contributed by atoms with Gasteiger partial charge in [-0.15, -0.1) is 0 Å². The monoisotopic (exact) mass is 225 g/mol. The van der Waals surface area contributed by atoms with Gasteiger partial charge < -0.3 is 0 Å². The Morgan fingerprint density at radius 2 is 1.62 bits per heavy atom. The summed E-state index contributed by atoms with van der Waals surface area (Å²) in [5.41, 5.74) is 1.35. The minimum Gasteiger partial charge on any atom is -0.291 e. The van der Waals surface area contributed by atoms with E-state index in [2.05, 4.69) is 34.6 Å². The molecule has 0 N–H and O–H groups in total. The Morgan fingerprint density at radius 1 is 1.00 bits per heavy atom. The molecule has 0 aromatic rings. The van der Waals surface area contributed by atoms with Crippen LogP contribution in [0.25, 0.3) is 0 Å². The highest BCUT2D eigenvalue weighted by atomic mass is 14.8. The van der Waals surface area contributed by atoms with Crippen LogP contribution in [0.15, 0.2) is 4.99 Å². The highest BCUT2D eigenvalue weighted by Gasteiger charge is 2.03. The number of rotatable bonds is 9. The van der Waals surface area contributed by atoms with Crippen LogP contribution in [0.3, 0.4) is 0 Å². The van der Waals surface area contributed by atoms with Gasteiger partial charge in [-0.2, -0.15) is 0 Å². The zero-order chi connectivity index (χ0) is 12.4. The van der Waals surface area contributed by atoms with Crippen LogP contribution in [0, 0.1) is 5.92 Å². The maximum absolute atomic E-state index is 4.75. The summed E-state index contributed by atoms with van der Waals surface area (Å²) in [4.78, 5) is 4.75. The van der Waals surface area contributed by atoms with Crippen molar-refractivity contribution >= 4 is 5.71 Å². The molecule has 0 fully saturated rings. The minimum absolute atomic E-state index is 0.510. The Kier molecular flexibility index (Phi) is 9.66. The van der Waals surface area contributed by atoms with E-state index in [0.29, 0.717) is 6.04 Å². The molecule has 0 aromatic carbocycles.